The molecule has 0 aliphatic carbocycles. The van der Waals surface area contributed by atoms with E-state index in [0.29, 0.717) is 19.3 Å². The predicted octanol–water partition coefficient (Wildman–Crippen LogP) is 1.54. The Balaban J connectivity index is 1.25. The number of imide groups is 1. The number of H-pyrrole nitrogens is 1. The van der Waals surface area contributed by atoms with Gasteiger partial charge in [-0.05, 0) is 37.1 Å². The Bertz CT molecular complexity index is 1630. The van der Waals surface area contributed by atoms with E-state index in [1.165, 1.54) is 12.1 Å². The molecule has 1 unspecified atom stereocenters. The van der Waals surface area contributed by atoms with Gasteiger partial charge in [-0.2, -0.15) is 4.39 Å². The van der Waals surface area contributed by atoms with Crippen molar-refractivity contribution in [3.05, 3.63) is 104 Å². The number of rotatable bonds is 10. The van der Waals surface area contributed by atoms with Crippen molar-refractivity contribution in [1.82, 2.24) is 24.7 Å². The van der Waals surface area contributed by atoms with Crippen LogP contribution in [0.4, 0.5) is 4.39 Å². The van der Waals surface area contributed by atoms with Gasteiger partial charge in [0.2, 0.25) is 5.82 Å². The summed E-state index contributed by atoms with van der Waals surface area (Å²) in [5.74, 6) is -2.97. The van der Waals surface area contributed by atoms with Crippen LogP contribution in [0.25, 0.3) is 0 Å². The molecule has 1 aromatic heterocycles. The summed E-state index contributed by atoms with van der Waals surface area (Å²) in [6, 6.07) is 12.8. The maximum absolute atomic E-state index is 14.1. The number of nitrogens with one attached hydrogen (secondary N) is 2. The number of amides is 4. The van der Waals surface area contributed by atoms with Gasteiger partial charge in [-0.3, -0.25) is 38.4 Å². The Morgan fingerprint density at radius 3 is 2.21 bits per heavy atom. The molecular weight excluding hydrogens is 549 g/mol. The lowest BCUT2D eigenvalue weighted by Gasteiger charge is -2.23. The topological polar surface area (TPSA) is 151 Å². The maximum Gasteiger partial charge on any atom is 0.330 e. The lowest BCUT2D eigenvalue weighted by Crippen LogP contribution is -2.38. The fourth-order valence-electron chi connectivity index (χ4n) is 5.07. The van der Waals surface area contributed by atoms with Gasteiger partial charge in [-0.1, -0.05) is 24.3 Å². The molecule has 13 heteroatoms. The third-order valence-corrected chi connectivity index (χ3v) is 7.21. The molecule has 2 aromatic carbocycles. The Labute approximate surface area is 238 Å². The Kier molecular flexibility index (Phi) is 8.38. The first kappa shape index (κ1) is 28.6. The molecule has 3 aromatic rings. The number of benzene rings is 2. The zero-order valence-corrected chi connectivity index (χ0v) is 22.5. The Morgan fingerprint density at radius 2 is 1.55 bits per heavy atom. The number of aromatic nitrogens is 2. The van der Waals surface area contributed by atoms with Gasteiger partial charge in [-0.15, -0.1) is 0 Å². The average molecular weight is 578 g/mol. The van der Waals surface area contributed by atoms with Gasteiger partial charge in [0.1, 0.15) is 6.23 Å². The van der Waals surface area contributed by atoms with Gasteiger partial charge in [0, 0.05) is 32.6 Å². The summed E-state index contributed by atoms with van der Waals surface area (Å²) < 4.78 is 20.7. The van der Waals surface area contributed by atoms with Crippen LogP contribution in [0.2, 0.25) is 0 Å². The number of fused-ring (bicyclic) bond motifs is 1. The molecule has 4 amide bonds. The molecule has 2 aliphatic heterocycles. The van der Waals surface area contributed by atoms with Crippen LogP contribution in [0.1, 0.15) is 66.9 Å². The van der Waals surface area contributed by atoms with E-state index >= 15 is 0 Å². The van der Waals surface area contributed by atoms with E-state index in [0.717, 1.165) is 22.3 Å². The van der Waals surface area contributed by atoms with E-state index in [2.05, 4.69) is 5.32 Å². The van der Waals surface area contributed by atoms with E-state index in [1.807, 2.05) is 4.98 Å². The third kappa shape index (κ3) is 5.77. The molecule has 2 N–H and O–H groups in total. The van der Waals surface area contributed by atoms with Gasteiger partial charge in [0.05, 0.1) is 35.1 Å². The number of aromatic amines is 1. The normalized spacial score (nSPS) is 15.2. The SMILES string of the molecule is O=C(NCCOC(CCN1C(=O)c2ccccc2C1=O)n1cc(F)c(=O)[nH]c1=O)c1ccccc1C(=O)N1CCCC1. The molecule has 0 saturated carbocycles. The summed E-state index contributed by atoms with van der Waals surface area (Å²) in [5, 5.41) is 2.68. The number of nitrogens with zero attached hydrogens (tertiary/aromatic N) is 3. The quantitative estimate of drug-likeness (QED) is 0.274. The second-order valence-corrected chi connectivity index (χ2v) is 9.87. The second-order valence-electron chi connectivity index (χ2n) is 9.87. The Hall–Kier alpha value is -4.91. The van der Waals surface area contributed by atoms with Gasteiger partial charge in [0.25, 0.3) is 29.2 Å². The minimum absolute atomic E-state index is 0.0465. The smallest absolute Gasteiger partial charge is 0.330 e. The molecule has 218 valence electrons. The van der Waals surface area contributed by atoms with Crippen molar-refractivity contribution in [3.8, 4) is 0 Å². The molecule has 5 rings (SSSR count). The number of carbonyl (C=O) groups excluding carboxylic acids is 4. The number of likely N-dealkylation sites (tertiary alicyclic amines) is 1. The zero-order chi connectivity index (χ0) is 29.8. The number of halogens is 1. The molecular formula is C29H28FN5O7. The van der Waals surface area contributed by atoms with Crippen LogP contribution in [0, 0.1) is 5.82 Å². The lowest BCUT2D eigenvalue weighted by atomic mass is 10.1. The molecule has 1 saturated heterocycles. The summed E-state index contributed by atoms with van der Waals surface area (Å²) in [6.45, 7) is 0.899. The fraction of sp³-hybridized carbons (Fsp3) is 0.310. The van der Waals surface area contributed by atoms with Crippen LogP contribution in [0.5, 0.6) is 0 Å². The monoisotopic (exact) mass is 577 g/mol. The number of hydrogen-bond acceptors (Lipinski definition) is 7. The minimum Gasteiger partial charge on any atom is -0.356 e. The molecule has 0 bridgehead atoms. The Morgan fingerprint density at radius 1 is 0.929 bits per heavy atom. The first-order valence-electron chi connectivity index (χ1n) is 13.5. The van der Waals surface area contributed by atoms with Crippen LogP contribution >= 0.6 is 0 Å². The summed E-state index contributed by atoms with van der Waals surface area (Å²) in [4.78, 5) is 80.0. The molecule has 3 heterocycles. The number of carbonyl (C=O) groups is 4. The highest BCUT2D eigenvalue weighted by Gasteiger charge is 2.35. The van der Waals surface area contributed by atoms with E-state index in [-0.39, 0.29) is 54.3 Å². The van der Waals surface area contributed by atoms with Crippen molar-refractivity contribution in [2.75, 3.05) is 32.8 Å². The molecule has 0 spiro atoms. The maximum atomic E-state index is 14.1. The van der Waals surface area contributed by atoms with Gasteiger partial charge >= 0.3 is 5.69 Å². The second kappa shape index (κ2) is 12.3. The highest BCUT2D eigenvalue weighted by atomic mass is 19.1. The van der Waals surface area contributed by atoms with Crippen LogP contribution in [-0.4, -0.2) is 75.8 Å². The van der Waals surface area contributed by atoms with E-state index in [9.17, 15) is 33.2 Å². The van der Waals surface area contributed by atoms with Crippen molar-refractivity contribution in [2.45, 2.75) is 25.5 Å². The molecule has 12 nitrogen and oxygen atoms in total. The van der Waals surface area contributed by atoms with Gasteiger partial charge in [0.15, 0.2) is 0 Å². The average Bonchev–Trinajstić information content (AvgIpc) is 3.62. The predicted molar refractivity (Wildman–Crippen MR) is 147 cm³/mol. The van der Waals surface area contributed by atoms with Crippen LogP contribution < -0.4 is 16.6 Å². The van der Waals surface area contributed by atoms with E-state index in [4.69, 9.17) is 4.74 Å². The first-order chi connectivity index (χ1) is 20.3. The van der Waals surface area contributed by atoms with Crippen LogP contribution in [0.3, 0.4) is 0 Å². The van der Waals surface area contributed by atoms with Crippen molar-refractivity contribution >= 4 is 23.6 Å². The fourth-order valence-corrected chi connectivity index (χ4v) is 5.07. The minimum atomic E-state index is -1.23. The van der Waals surface area contributed by atoms with Crippen molar-refractivity contribution in [1.29, 1.82) is 0 Å². The summed E-state index contributed by atoms with van der Waals surface area (Å²) in [5.41, 5.74) is -1.17. The molecule has 2 aliphatic rings. The van der Waals surface area contributed by atoms with Crippen molar-refractivity contribution in [3.63, 3.8) is 0 Å². The van der Waals surface area contributed by atoms with E-state index < -0.39 is 41.0 Å². The van der Waals surface area contributed by atoms with Gasteiger partial charge < -0.3 is 15.0 Å². The standard InChI is InChI=1S/C29H28FN5O7/c30-22-17-35(29(41)32-25(22)37)23(11-15-34-27(39)20-9-3-4-10-21(20)28(34)40)42-16-12-31-24(36)18-7-1-2-8-19(18)26(38)33-13-5-6-14-33/h1-4,7-10,17,23H,5-6,11-16H2,(H,31,36)(H,32,37,41). The summed E-state index contributed by atoms with van der Waals surface area (Å²) >= 11 is 0. The van der Waals surface area contributed by atoms with Crippen LogP contribution in [0.15, 0.2) is 64.3 Å². The van der Waals surface area contributed by atoms with E-state index in [1.54, 1.807) is 41.3 Å². The largest absolute Gasteiger partial charge is 0.356 e. The third-order valence-electron chi connectivity index (χ3n) is 7.21. The first-order valence-corrected chi connectivity index (χ1v) is 13.5. The van der Waals surface area contributed by atoms with Gasteiger partial charge in [-0.25, -0.2) is 4.79 Å². The molecule has 0 radical (unpaired) electrons. The molecule has 42 heavy (non-hydrogen) atoms. The number of hydrogen-bond donors (Lipinski definition) is 2. The summed E-state index contributed by atoms with van der Waals surface area (Å²) in [7, 11) is 0. The number of ether oxygens (including phenoxy) is 1. The van der Waals surface area contributed by atoms with Crippen molar-refractivity contribution < 1.29 is 28.3 Å². The zero-order valence-electron chi connectivity index (χ0n) is 22.5. The lowest BCUT2D eigenvalue weighted by molar-refractivity contribution is -0.00948. The summed E-state index contributed by atoms with van der Waals surface area (Å²) in [6.07, 6.45) is 1.20. The molecule has 1 atom stereocenters. The van der Waals surface area contributed by atoms with Crippen LogP contribution in [-0.2, 0) is 4.74 Å². The highest BCUT2D eigenvalue weighted by Crippen LogP contribution is 2.24. The highest BCUT2D eigenvalue weighted by molar-refractivity contribution is 6.21. The molecule has 1 fully saturated rings. The van der Waals surface area contributed by atoms with Crippen molar-refractivity contribution in [2.24, 2.45) is 0 Å².